The number of rotatable bonds is 3. The van der Waals surface area contributed by atoms with E-state index < -0.39 is 6.10 Å². The smallest absolute Gasteiger partial charge is 0.135 e. The largest absolute Gasteiger partial charge is 0.490 e. The van der Waals surface area contributed by atoms with Crippen LogP contribution < -0.4 is 10.5 Å². The van der Waals surface area contributed by atoms with Gasteiger partial charge in [0.05, 0.1) is 10.6 Å². The van der Waals surface area contributed by atoms with Gasteiger partial charge in [0.25, 0.3) is 0 Å². The zero-order valence-electron chi connectivity index (χ0n) is 7.33. The third-order valence-corrected chi connectivity index (χ3v) is 2.32. The lowest BCUT2D eigenvalue weighted by Gasteiger charge is -2.10. The van der Waals surface area contributed by atoms with Crippen LogP contribution in [0.15, 0.2) is 22.7 Å². The Hall–Kier alpha value is -0.740. The Morgan fingerprint density at radius 2 is 2.31 bits per heavy atom. The molecule has 1 atom stereocenters. The Kier molecular flexibility index (Phi) is 3.57. The zero-order chi connectivity index (χ0) is 9.84. The summed E-state index contributed by atoms with van der Waals surface area (Å²) in [5.74, 6) is 0.654. The number of anilines is 1. The van der Waals surface area contributed by atoms with Crippen molar-refractivity contribution in [3.05, 3.63) is 22.7 Å². The van der Waals surface area contributed by atoms with Crippen LogP contribution in [0.4, 0.5) is 5.69 Å². The van der Waals surface area contributed by atoms with E-state index in [1.165, 1.54) is 0 Å². The second kappa shape index (κ2) is 4.48. The number of benzene rings is 1. The normalized spacial score (nSPS) is 12.5. The van der Waals surface area contributed by atoms with Gasteiger partial charge in [0.1, 0.15) is 12.4 Å². The standard InChI is InChI=1S/C9H12BrNO2/c1-6(12)5-13-8-4-2-3-7(11)9(8)10/h2-4,6,12H,5,11H2,1H3. The van der Waals surface area contributed by atoms with Crippen LogP contribution in [0.1, 0.15) is 6.92 Å². The summed E-state index contributed by atoms with van der Waals surface area (Å²) in [7, 11) is 0. The van der Waals surface area contributed by atoms with Crippen molar-refractivity contribution in [1.82, 2.24) is 0 Å². The monoisotopic (exact) mass is 245 g/mol. The van der Waals surface area contributed by atoms with Gasteiger partial charge in [-0.05, 0) is 35.0 Å². The van der Waals surface area contributed by atoms with Crippen molar-refractivity contribution < 1.29 is 9.84 Å². The van der Waals surface area contributed by atoms with Gasteiger partial charge in [-0.2, -0.15) is 0 Å². The Labute approximate surface area is 85.6 Å². The minimum Gasteiger partial charge on any atom is -0.490 e. The maximum Gasteiger partial charge on any atom is 0.135 e. The summed E-state index contributed by atoms with van der Waals surface area (Å²) in [5, 5.41) is 9.00. The van der Waals surface area contributed by atoms with Crippen molar-refractivity contribution in [3.63, 3.8) is 0 Å². The first-order chi connectivity index (χ1) is 6.11. The highest BCUT2D eigenvalue weighted by Crippen LogP contribution is 2.30. The van der Waals surface area contributed by atoms with Gasteiger partial charge in [0.15, 0.2) is 0 Å². The Bertz CT molecular complexity index is 289. The van der Waals surface area contributed by atoms with Gasteiger partial charge in [-0.1, -0.05) is 6.07 Å². The molecule has 0 bridgehead atoms. The van der Waals surface area contributed by atoms with E-state index in [-0.39, 0.29) is 6.61 Å². The predicted octanol–water partition coefficient (Wildman–Crippen LogP) is 1.79. The lowest BCUT2D eigenvalue weighted by atomic mass is 10.3. The molecule has 0 amide bonds. The minimum absolute atomic E-state index is 0.266. The molecule has 0 aliphatic carbocycles. The van der Waals surface area contributed by atoms with Crippen molar-refractivity contribution in [1.29, 1.82) is 0 Å². The molecular weight excluding hydrogens is 234 g/mol. The molecule has 13 heavy (non-hydrogen) atoms. The third kappa shape index (κ3) is 2.90. The van der Waals surface area contributed by atoms with Crippen LogP contribution in [-0.4, -0.2) is 17.8 Å². The molecule has 0 aromatic heterocycles. The van der Waals surface area contributed by atoms with E-state index in [2.05, 4.69) is 15.9 Å². The number of halogens is 1. The summed E-state index contributed by atoms with van der Waals surface area (Å²) in [6.07, 6.45) is -0.478. The Balaban J connectivity index is 2.71. The lowest BCUT2D eigenvalue weighted by Crippen LogP contribution is -2.13. The third-order valence-electron chi connectivity index (χ3n) is 1.47. The Morgan fingerprint density at radius 1 is 1.62 bits per heavy atom. The van der Waals surface area contributed by atoms with E-state index in [9.17, 15) is 0 Å². The van der Waals surface area contributed by atoms with Crippen molar-refractivity contribution >= 4 is 21.6 Å². The van der Waals surface area contributed by atoms with E-state index in [0.29, 0.717) is 11.4 Å². The second-order valence-corrected chi connectivity index (χ2v) is 3.61. The maximum absolute atomic E-state index is 9.00. The molecule has 1 aromatic rings. The van der Waals surface area contributed by atoms with E-state index in [1.807, 2.05) is 0 Å². The number of nitrogens with two attached hydrogens (primary N) is 1. The van der Waals surface area contributed by atoms with Gasteiger partial charge in [0.2, 0.25) is 0 Å². The molecule has 0 heterocycles. The summed E-state index contributed by atoms with van der Waals surface area (Å²) in [4.78, 5) is 0. The number of ether oxygens (including phenoxy) is 1. The fourth-order valence-corrected chi connectivity index (χ4v) is 1.23. The first-order valence-corrected chi connectivity index (χ1v) is 4.75. The van der Waals surface area contributed by atoms with Crippen molar-refractivity contribution in [3.8, 4) is 5.75 Å². The molecule has 0 fully saturated rings. The second-order valence-electron chi connectivity index (χ2n) is 2.82. The number of aliphatic hydroxyl groups is 1. The van der Waals surface area contributed by atoms with Crippen LogP contribution in [0.25, 0.3) is 0 Å². The summed E-state index contributed by atoms with van der Waals surface area (Å²) in [6, 6.07) is 5.37. The van der Waals surface area contributed by atoms with Crippen LogP contribution in [0, 0.1) is 0 Å². The summed E-state index contributed by atoms with van der Waals surface area (Å²) >= 11 is 3.30. The van der Waals surface area contributed by atoms with Crippen LogP contribution in [0.3, 0.4) is 0 Å². The van der Waals surface area contributed by atoms with E-state index >= 15 is 0 Å². The number of aliphatic hydroxyl groups excluding tert-OH is 1. The predicted molar refractivity (Wildman–Crippen MR) is 55.7 cm³/mol. The minimum atomic E-state index is -0.478. The molecular formula is C9H12BrNO2. The van der Waals surface area contributed by atoms with Gasteiger partial charge >= 0.3 is 0 Å². The highest BCUT2D eigenvalue weighted by atomic mass is 79.9. The molecule has 3 N–H and O–H groups in total. The summed E-state index contributed by atoms with van der Waals surface area (Å²) in [5.41, 5.74) is 6.27. The SMILES string of the molecule is CC(O)COc1cccc(N)c1Br. The van der Waals surface area contributed by atoms with E-state index in [0.717, 1.165) is 4.47 Å². The fraction of sp³-hybridized carbons (Fsp3) is 0.333. The Morgan fingerprint density at radius 3 is 2.92 bits per heavy atom. The molecule has 4 heteroatoms. The van der Waals surface area contributed by atoms with Gasteiger partial charge in [-0.25, -0.2) is 0 Å². The zero-order valence-corrected chi connectivity index (χ0v) is 8.91. The molecule has 1 aromatic carbocycles. The van der Waals surface area contributed by atoms with Crippen molar-refractivity contribution in [2.24, 2.45) is 0 Å². The number of hydrogen-bond acceptors (Lipinski definition) is 3. The molecule has 3 nitrogen and oxygen atoms in total. The van der Waals surface area contributed by atoms with Crippen LogP contribution >= 0.6 is 15.9 Å². The van der Waals surface area contributed by atoms with Gasteiger partial charge in [0, 0.05) is 5.69 Å². The first-order valence-electron chi connectivity index (χ1n) is 3.96. The molecule has 0 saturated carbocycles. The quantitative estimate of drug-likeness (QED) is 0.799. The highest BCUT2D eigenvalue weighted by molar-refractivity contribution is 9.10. The summed E-state index contributed by atoms with van der Waals surface area (Å²) < 4.78 is 6.03. The molecule has 1 unspecified atom stereocenters. The average molecular weight is 246 g/mol. The fourth-order valence-electron chi connectivity index (χ4n) is 0.850. The van der Waals surface area contributed by atoms with Crippen molar-refractivity contribution in [2.75, 3.05) is 12.3 Å². The van der Waals surface area contributed by atoms with Gasteiger partial charge < -0.3 is 15.6 Å². The molecule has 0 aliphatic rings. The lowest BCUT2D eigenvalue weighted by molar-refractivity contribution is 0.122. The van der Waals surface area contributed by atoms with E-state index in [1.54, 1.807) is 25.1 Å². The van der Waals surface area contributed by atoms with Crippen LogP contribution in [0.5, 0.6) is 5.75 Å². The highest BCUT2D eigenvalue weighted by Gasteiger charge is 2.04. The van der Waals surface area contributed by atoms with Gasteiger partial charge in [-0.3, -0.25) is 0 Å². The molecule has 0 aliphatic heterocycles. The molecule has 0 saturated heterocycles. The molecule has 1 rings (SSSR count). The summed E-state index contributed by atoms with van der Waals surface area (Å²) in [6.45, 7) is 1.93. The average Bonchev–Trinajstić information content (AvgIpc) is 2.07. The first kappa shape index (κ1) is 10.3. The van der Waals surface area contributed by atoms with Crippen molar-refractivity contribution in [2.45, 2.75) is 13.0 Å². The molecule has 0 spiro atoms. The van der Waals surface area contributed by atoms with Crippen LogP contribution in [-0.2, 0) is 0 Å². The molecule has 72 valence electrons. The number of nitrogen functional groups attached to an aromatic ring is 1. The maximum atomic E-state index is 9.00. The number of hydrogen-bond donors (Lipinski definition) is 2. The molecule has 0 radical (unpaired) electrons. The van der Waals surface area contributed by atoms with E-state index in [4.69, 9.17) is 15.6 Å². The topological polar surface area (TPSA) is 55.5 Å². The van der Waals surface area contributed by atoms with Crippen LogP contribution in [0.2, 0.25) is 0 Å². The van der Waals surface area contributed by atoms with Gasteiger partial charge in [-0.15, -0.1) is 0 Å².